The minimum Gasteiger partial charge on any atom is -0.496 e. The van der Waals surface area contributed by atoms with E-state index in [1.165, 1.54) is 49.6 Å². The van der Waals surface area contributed by atoms with E-state index in [4.69, 9.17) is 4.74 Å². The van der Waals surface area contributed by atoms with E-state index >= 15 is 0 Å². The number of ether oxygens (including phenoxy) is 1. The number of aryl methyl sites for hydroxylation is 1. The summed E-state index contributed by atoms with van der Waals surface area (Å²) in [6, 6.07) is 25.1. The highest BCUT2D eigenvalue weighted by Gasteiger charge is 2.28. The number of sulfonamides is 2. The largest absolute Gasteiger partial charge is 0.496 e. The van der Waals surface area contributed by atoms with Crippen LogP contribution in [0.3, 0.4) is 0 Å². The molecule has 9 nitrogen and oxygen atoms in total. The highest BCUT2D eigenvalue weighted by molar-refractivity contribution is 9.10. The molecular formula is C28H26BrN3O6S2. The van der Waals surface area contributed by atoms with Crippen molar-refractivity contribution < 1.29 is 26.4 Å². The number of nitrogens with zero attached hydrogens (tertiary/aromatic N) is 1. The van der Waals surface area contributed by atoms with Crippen LogP contribution in [-0.2, 0) is 24.8 Å². The molecule has 0 spiro atoms. The van der Waals surface area contributed by atoms with Crippen molar-refractivity contribution in [3.05, 3.63) is 107 Å². The Hall–Kier alpha value is -3.87. The number of amides is 1. The monoisotopic (exact) mass is 643 g/mol. The maximum Gasteiger partial charge on any atom is 0.264 e. The van der Waals surface area contributed by atoms with Gasteiger partial charge in [-0.1, -0.05) is 35.9 Å². The number of benzene rings is 4. The van der Waals surface area contributed by atoms with Gasteiger partial charge in [-0.15, -0.1) is 0 Å². The third-order valence-corrected chi connectivity index (χ3v) is 9.58. The van der Waals surface area contributed by atoms with Gasteiger partial charge in [0.2, 0.25) is 5.91 Å². The number of nitrogens with one attached hydrogen (secondary N) is 2. The number of carbonyl (C=O) groups excluding carboxylic acids is 1. The molecule has 0 fully saturated rings. The standard InChI is InChI=1S/C28H26BrN3O6S2/c1-20-8-12-23(13-9-20)32(40(36,37)25-16-17-27(38-2)26(29)18-25)19-28(33)30-21-10-14-24(15-11-21)39(34,35)31-22-6-4-3-5-7-22/h3-18,31H,19H2,1-2H3,(H,30,33). The fourth-order valence-electron chi connectivity index (χ4n) is 3.73. The average Bonchev–Trinajstić information content (AvgIpc) is 2.93. The predicted octanol–water partition coefficient (Wildman–Crippen LogP) is 5.40. The summed E-state index contributed by atoms with van der Waals surface area (Å²) in [5, 5.41) is 2.65. The van der Waals surface area contributed by atoms with Crippen molar-refractivity contribution in [1.29, 1.82) is 0 Å². The molecule has 0 aliphatic heterocycles. The Morgan fingerprint density at radius 2 is 1.45 bits per heavy atom. The molecule has 0 unspecified atom stereocenters. The van der Waals surface area contributed by atoms with E-state index < -0.39 is 32.5 Å². The van der Waals surface area contributed by atoms with Crippen molar-refractivity contribution in [2.45, 2.75) is 16.7 Å². The van der Waals surface area contributed by atoms with Crippen LogP contribution in [0.5, 0.6) is 5.75 Å². The van der Waals surface area contributed by atoms with Crippen LogP contribution in [-0.4, -0.2) is 36.4 Å². The fraction of sp³-hybridized carbons (Fsp3) is 0.107. The van der Waals surface area contributed by atoms with Crippen molar-refractivity contribution in [1.82, 2.24) is 0 Å². The zero-order valence-electron chi connectivity index (χ0n) is 21.5. The fourth-order valence-corrected chi connectivity index (χ4v) is 6.93. The van der Waals surface area contributed by atoms with E-state index in [2.05, 4.69) is 26.0 Å². The van der Waals surface area contributed by atoms with Gasteiger partial charge >= 0.3 is 0 Å². The molecule has 12 heteroatoms. The second-order valence-corrected chi connectivity index (χ2v) is 13.1. The normalized spacial score (nSPS) is 11.5. The van der Waals surface area contributed by atoms with Gasteiger partial charge in [0.15, 0.2) is 0 Å². The number of carbonyl (C=O) groups is 1. The minimum atomic E-state index is -4.16. The first-order valence-electron chi connectivity index (χ1n) is 11.9. The quantitative estimate of drug-likeness (QED) is 0.239. The van der Waals surface area contributed by atoms with E-state index in [1.54, 1.807) is 54.6 Å². The summed E-state index contributed by atoms with van der Waals surface area (Å²) >= 11 is 3.31. The van der Waals surface area contributed by atoms with Crippen molar-refractivity contribution >= 4 is 58.9 Å². The Kier molecular flexibility index (Phi) is 8.82. The average molecular weight is 645 g/mol. The molecule has 40 heavy (non-hydrogen) atoms. The van der Waals surface area contributed by atoms with Crippen LogP contribution in [0.25, 0.3) is 0 Å². The molecule has 4 rings (SSSR count). The van der Waals surface area contributed by atoms with Crippen LogP contribution in [0.2, 0.25) is 0 Å². The summed E-state index contributed by atoms with van der Waals surface area (Å²) < 4.78 is 61.9. The lowest BCUT2D eigenvalue weighted by Gasteiger charge is -2.24. The number of anilines is 3. The lowest BCUT2D eigenvalue weighted by atomic mass is 10.2. The zero-order chi connectivity index (χ0) is 28.9. The third kappa shape index (κ3) is 6.82. The Balaban J connectivity index is 1.55. The molecule has 0 aliphatic rings. The molecule has 0 heterocycles. The summed E-state index contributed by atoms with van der Waals surface area (Å²) in [5.41, 5.74) is 1.95. The Labute approximate surface area is 242 Å². The van der Waals surface area contributed by atoms with Gasteiger partial charge in [-0.05, 0) is 89.6 Å². The molecule has 0 aromatic heterocycles. The molecule has 0 saturated heterocycles. The summed E-state index contributed by atoms with van der Waals surface area (Å²) in [7, 11) is -6.53. The van der Waals surface area contributed by atoms with Crippen molar-refractivity contribution in [3.8, 4) is 5.75 Å². The third-order valence-electron chi connectivity index (χ3n) is 5.79. The Bertz CT molecular complexity index is 1710. The molecular weight excluding hydrogens is 618 g/mol. The van der Waals surface area contributed by atoms with Crippen LogP contribution in [0.1, 0.15) is 5.56 Å². The molecule has 4 aromatic carbocycles. The minimum absolute atomic E-state index is 0.00305. The van der Waals surface area contributed by atoms with E-state index in [0.29, 0.717) is 27.3 Å². The summed E-state index contributed by atoms with van der Waals surface area (Å²) in [4.78, 5) is 13.0. The molecule has 0 bridgehead atoms. The van der Waals surface area contributed by atoms with E-state index in [-0.39, 0.29) is 9.79 Å². The number of rotatable bonds is 10. The predicted molar refractivity (Wildman–Crippen MR) is 159 cm³/mol. The highest BCUT2D eigenvalue weighted by Crippen LogP contribution is 2.31. The number of methoxy groups -OCH3 is 1. The van der Waals surface area contributed by atoms with Crippen LogP contribution in [0.15, 0.2) is 111 Å². The number of hydrogen-bond acceptors (Lipinski definition) is 6. The van der Waals surface area contributed by atoms with Crippen LogP contribution >= 0.6 is 15.9 Å². The van der Waals surface area contributed by atoms with Gasteiger partial charge in [0.25, 0.3) is 20.0 Å². The Morgan fingerprint density at radius 3 is 2.05 bits per heavy atom. The smallest absolute Gasteiger partial charge is 0.264 e. The maximum absolute atomic E-state index is 13.7. The zero-order valence-corrected chi connectivity index (χ0v) is 24.8. The summed E-state index contributed by atoms with van der Waals surface area (Å²) in [6.45, 7) is 1.35. The van der Waals surface area contributed by atoms with E-state index in [0.717, 1.165) is 9.87 Å². The SMILES string of the molecule is COc1ccc(S(=O)(=O)N(CC(=O)Nc2ccc(S(=O)(=O)Nc3ccccc3)cc2)c2ccc(C)cc2)cc1Br. The van der Waals surface area contributed by atoms with Gasteiger partial charge in [-0.3, -0.25) is 13.8 Å². The van der Waals surface area contributed by atoms with Crippen molar-refractivity contribution in [2.24, 2.45) is 0 Å². The molecule has 0 radical (unpaired) electrons. The number of halogens is 1. The first kappa shape index (κ1) is 29.1. The topological polar surface area (TPSA) is 122 Å². The van der Waals surface area contributed by atoms with Gasteiger partial charge in [0.1, 0.15) is 12.3 Å². The van der Waals surface area contributed by atoms with Gasteiger partial charge < -0.3 is 10.1 Å². The molecule has 208 valence electrons. The Morgan fingerprint density at radius 1 is 0.825 bits per heavy atom. The molecule has 0 atom stereocenters. The lowest BCUT2D eigenvalue weighted by Crippen LogP contribution is -2.38. The second-order valence-electron chi connectivity index (χ2n) is 8.69. The molecule has 2 N–H and O–H groups in total. The van der Waals surface area contributed by atoms with Gasteiger partial charge in [0, 0.05) is 11.4 Å². The second kappa shape index (κ2) is 12.1. The maximum atomic E-state index is 13.7. The molecule has 1 amide bonds. The van der Waals surface area contributed by atoms with Crippen LogP contribution < -0.4 is 19.1 Å². The van der Waals surface area contributed by atoms with Crippen molar-refractivity contribution in [3.63, 3.8) is 0 Å². The van der Waals surface area contributed by atoms with E-state index in [9.17, 15) is 21.6 Å². The van der Waals surface area contributed by atoms with Gasteiger partial charge in [-0.25, -0.2) is 16.8 Å². The molecule has 0 aliphatic carbocycles. The summed E-state index contributed by atoms with van der Waals surface area (Å²) in [6.07, 6.45) is 0. The van der Waals surface area contributed by atoms with Gasteiger partial charge in [0.05, 0.1) is 27.1 Å². The molecule has 0 saturated carbocycles. The molecule has 4 aromatic rings. The lowest BCUT2D eigenvalue weighted by molar-refractivity contribution is -0.114. The number of hydrogen-bond donors (Lipinski definition) is 2. The first-order chi connectivity index (χ1) is 19.0. The number of para-hydroxylation sites is 1. The van der Waals surface area contributed by atoms with Crippen molar-refractivity contribution in [2.75, 3.05) is 28.0 Å². The van der Waals surface area contributed by atoms with Gasteiger partial charge in [-0.2, -0.15) is 0 Å². The highest BCUT2D eigenvalue weighted by atomic mass is 79.9. The first-order valence-corrected chi connectivity index (χ1v) is 15.6. The van der Waals surface area contributed by atoms with Crippen LogP contribution in [0.4, 0.5) is 17.1 Å². The van der Waals surface area contributed by atoms with E-state index in [1.807, 2.05) is 6.92 Å². The van der Waals surface area contributed by atoms with Crippen LogP contribution in [0, 0.1) is 6.92 Å². The summed E-state index contributed by atoms with van der Waals surface area (Å²) in [5.74, 6) is -0.155.